The van der Waals surface area contributed by atoms with Crippen molar-refractivity contribution in [3.05, 3.63) is 34.3 Å². The van der Waals surface area contributed by atoms with E-state index in [1.165, 1.54) is 0 Å². The van der Waals surface area contributed by atoms with Crippen molar-refractivity contribution in [3.8, 4) is 0 Å². The summed E-state index contributed by atoms with van der Waals surface area (Å²) >= 11 is 3.35. The lowest BCUT2D eigenvalue weighted by Gasteiger charge is -2.14. The summed E-state index contributed by atoms with van der Waals surface area (Å²) in [7, 11) is 0. The van der Waals surface area contributed by atoms with E-state index in [0.29, 0.717) is 19.3 Å². The van der Waals surface area contributed by atoms with Crippen LogP contribution in [0.25, 0.3) is 0 Å². The number of halogens is 4. The Kier molecular flexibility index (Phi) is 7.55. The summed E-state index contributed by atoms with van der Waals surface area (Å²) in [5.74, 6) is 0.0469. The third-order valence-electron chi connectivity index (χ3n) is 2.86. The Morgan fingerprint density at radius 2 is 1.85 bits per heavy atom. The molecule has 1 aromatic carbocycles. The zero-order chi connectivity index (χ0) is 15.0. The number of benzene rings is 1. The van der Waals surface area contributed by atoms with Gasteiger partial charge < -0.3 is 9.84 Å². The second-order valence-corrected chi connectivity index (χ2v) is 5.60. The largest absolute Gasteiger partial charge is 0.411 e. The SMILES string of the molecule is OCC(CCCOCC(F)(F)F)Cc1ccc(Br)cc1. The number of aliphatic hydroxyl groups is 1. The number of alkyl halides is 3. The Bertz CT molecular complexity index is 379. The highest BCUT2D eigenvalue weighted by molar-refractivity contribution is 9.10. The molecule has 1 aromatic rings. The molecule has 0 aliphatic heterocycles. The topological polar surface area (TPSA) is 29.5 Å². The maximum absolute atomic E-state index is 11.9. The van der Waals surface area contributed by atoms with Crippen molar-refractivity contribution in [2.75, 3.05) is 19.8 Å². The van der Waals surface area contributed by atoms with Gasteiger partial charge in [-0.1, -0.05) is 28.1 Å². The fourth-order valence-corrected chi connectivity index (χ4v) is 2.14. The molecule has 0 aromatic heterocycles. The third-order valence-corrected chi connectivity index (χ3v) is 3.39. The first-order valence-corrected chi connectivity index (χ1v) is 7.20. The van der Waals surface area contributed by atoms with Gasteiger partial charge in [0.05, 0.1) is 0 Å². The Hall–Kier alpha value is -0.590. The lowest BCUT2D eigenvalue weighted by Crippen LogP contribution is -2.18. The van der Waals surface area contributed by atoms with Crippen LogP contribution in [-0.2, 0) is 11.2 Å². The van der Waals surface area contributed by atoms with Crippen LogP contribution in [0.4, 0.5) is 13.2 Å². The molecule has 1 N–H and O–H groups in total. The van der Waals surface area contributed by atoms with Crippen molar-refractivity contribution < 1.29 is 23.0 Å². The van der Waals surface area contributed by atoms with Crippen LogP contribution in [-0.4, -0.2) is 31.1 Å². The van der Waals surface area contributed by atoms with Crippen molar-refractivity contribution >= 4 is 15.9 Å². The molecule has 0 spiro atoms. The van der Waals surface area contributed by atoms with Crippen LogP contribution in [0, 0.1) is 5.92 Å². The van der Waals surface area contributed by atoms with Gasteiger partial charge in [-0.3, -0.25) is 0 Å². The summed E-state index contributed by atoms with van der Waals surface area (Å²) in [4.78, 5) is 0. The summed E-state index contributed by atoms with van der Waals surface area (Å²) in [5, 5.41) is 9.30. The molecule has 0 aliphatic carbocycles. The number of aliphatic hydroxyl groups excluding tert-OH is 1. The van der Waals surface area contributed by atoms with Crippen molar-refractivity contribution in [2.45, 2.75) is 25.4 Å². The Labute approximate surface area is 125 Å². The van der Waals surface area contributed by atoms with Crippen LogP contribution < -0.4 is 0 Å². The molecule has 0 heterocycles. The van der Waals surface area contributed by atoms with E-state index < -0.39 is 12.8 Å². The third kappa shape index (κ3) is 7.87. The predicted molar refractivity (Wildman–Crippen MR) is 74.5 cm³/mol. The quantitative estimate of drug-likeness (QED) is 0.716. The van der Waals surface area contributed by atoms with Gasteiger partial charge >= 0.3 is 6.18 Å². The highest BCUT2D eigenvalue weighted by Crippen LogP contribution is 2.18. The Morgan fingerprint density at radius 3 is 2.40 bits per heavy atom. The molecule has 0 aliphatic rings. The zero-order valence-electron chi connectivity index (χ0n) is 11.0. The minimum absolute atomic E-state index is 0.0231. The number of rotatable bonds is 8. The fourth-order valence-electron chi connectivity index (χ4n) is 1.87. The Balaban J connectivity index is 2.24. The predicted octanol–water partition coefficient (Wildman–Crippen LogP) is 3.96. The summed E-state index contributed by atoms with van der Waals surface area (Å²) in [6.07, 6.45) is -2.40. The van der Waals surface area contributed by atoms with E-state index in [9.17, 15) is 18.3 Å². The van der Waals surface area contributed by atoms with E-state index in [4.69, 9.17) is 0 Å². The number of ether oxygens (including phenoxy) is 1. The average molecular weight is 355 g/mol. The molecule has 0 fully saturated rings. The first-order chi connectivity index (χ1) is 9.40. The van der Waals surface area contributed by atoms with Gasteiger partial charge in [0, 0.05) is 17.7 Å². The number of hydrogen-bond donors (Lipinski definition) is 1. The molecule has 20 heavy (non-hydrogen) atoms. The second kappa shape index (κ2) is 8.64. The second-order valence-electron chi connectivity index (χ2n) is 4.69. The summed E-state index contributed by atoms with van der Waals surface area (Å²) < 4.78 is 41.1. The molecule has 114 valence electrons. The van der Waals surface area contributed by atoms with Crippen LogP contribution in [0.2, 0.25) is 0 Å². The van der Waals surface area contributed by atoms with Crippen molar-refractivity contribution in [2.24, 2.45) is 5.92 Å². The van der Waals surface area contributed by atoms with Crippen LogP contribution in [0.3, 0.4) is 0 Å². The summed E-state index contributed by atoms with van der Waals surface area (Å²) in [6.45, 7) is -1.12. The first-order valence-electron chi connectivity index (χ1n) is 6.40. The molecule has 0 radical (unpaired) electrons. The number of hydrogen-bond acceptors (Lipinski definition) is 2. The molecule has 1 atom stereocenters. The van der Waals surface area contributed by atoms with Crippen LogP contribution in [0.15, 0.2) is 28.7 Å². The van der Waals surface area contributed by atoms with E-state index in [0.717, 1.165) is 10.0 Å². The van der Waals surface area contributed by atoms with Crippen molar-refractivity contribution in [3.63, 3.8) is 0 Å². The molecule has 6 heteroatoms. The molecule has 0 amide bonds. The molecular formula is C14H18BrF3O2. The molecule has 1 unspecified atom stereocenters. The van der Waals surface area contributed by atoms with Crippen molar-refractivity contribution in [1.82, 2.24) is 0 Å². The van der Waals surface area contributed by atoms with Gasteiger partial charge in [0.25, 0.3) is 0 Å². The maximum atomic E-state index is 11.9. The molecule has 0 saturated carbocycles. The van der Waals surface area contributed by atoms with Crippen LogP contribution in [0.5, 0.6) is 0 Å². The molecule has 1 rings (SSSR count). The lowest BCUT2D eigenvalue weighted by molar-refractivity contribution is -0.174. The van der Waals surface area contributed by atoms with Crippen molar-refractivity contribution in [1.29, 1.82) is 0 Å². The van der Waals surface area contributed by atoms with E-state index in [-0.39, 0.29) is 19.1 Å². The maximum Gasteiger partial charge on any atom is 0.411 e. The van der Waals surface area contributed by atoms with E-state index in [1.807, 2.05) is 24.3 Å². The van der Waals surface area contributed by atoms with Gasteiger partial charge in [0.1, 0.15) is 6.61 Å². The van der Waals surface area contributed by atoms with E-state index in [2.05, 4.69) is 20.7 Å². The van der Waals surface area contributed by atoms with Gasteiger partial charge in [-0.25, -0.2) is 0 Å². The molecule has 0 saturated heterocycles. The zero-order valence-corrected chi connectivity index (χ0v) is 12.6. The van der Waals surface area contributed by atoms with Gasteiger partial charge in [-0.15, -0.1) is 0 Å². The van der Waals surface area contributed by atoms with E-state index >= 15 is 0 Å². The minimum atomic E-state index is -4.27. The highest BCUT2D eigenvalue weighted by Gasteiger charge is 2.27. The van der Waals surface area contributed by atoms with Gasteiger partial charge in [-0.2, -0.15) is 13.2 Å². The summed E-state index contributed by atoms with van der Waals surface area (Å²) in [6, 6.07) is 7.78. The highest BCUT2D eigenvalue weighted by atomic mass is 79.9. The molecular weight excluding hydrogens is 337 g/mol. The molecule has 0 bridgehead atoms. The standard InChI is InChI=1S/C14H18BrF3O2/c15-13-5-3-11(4-6-13)8-12(9-19)2-1-7-20-10-14(16,17)18/h3-6,12,19H,1-2,7-10H2. The van der Waals surface area contributed by atoms with Gasteiger partial charge in [0.15, 0.2) is 0 Å². The normalized spacial score (nSPS) is 13.4. The average Bonchev–Trinajstić information content (AvgIpc) is 2.38. The monoisotopic (exact) mass is 354 g/mol. The van der Waals surface area contributed by atoms with Crippen LogP contribution in [0.1, 0.15) is 18.4 Å². The van der Waals surface area contributed by atoms with Gasteiger partial charge in [-0.05, 0) is 42.9 Å². The first kappa shape index (κ1) is 17.5. The molecule has 2 nitrogen and oxygen atoms in total. The van der Waals surface area contributed by atoms with Crippen LogP contribution >= 0.6 is 15.9 Å². The minimum Gasteiger partial charge on any atom is -0.396 e. The fraction of sp³-hybridized carbons (Fsp3) is 0.571. The van der Waals surface area contributed by atoms with E-state index in [1.54, 1.807) is 0 Å². The summed E-state index contributed by atoms with van der Waals surface area (Å²) in [5.41, 5.74) is 1.10. The smallest absolute Gasteiger partial charge is 0.396 e. The van der Waals surface area contributed by atoms with Gasteiger partial charge in [0.2, 0.25) is 0 Å². The Morgan fingerprint density at radius 1 is 1.20 bits per heavy atom. The lowest BCUT2D eigenvalue weighted by atomic mass is 9.96.